The van der Waals surface area contributed by atoms with E-state index < -0.39 is 0 Å². The van der Waals surface area contributed by atoms with E-state index in [9.17, 15) is 0 Å². The van der Waals surface area contributed by atoms with E-state index in [0.717, 1.165) is 17.6 Å². The molecule has 0 aliphatic rings. The molecule has 0 saturated carbocycles. The van der Waals surface area contributed by atoms with Crippen LogP contribution in [0.5, 0.6) is 0 Å². The Bertz CT molecular complexity index is 272. The van der Waals surface area contributed by atoms with E-state index in [-0.39, 0.29) is 42.0 Å². The zero-order valence-corrected chi connectivity index (χ0v) is 9.76. The quantitative estimate of drug-likeness (QED) is 0.427. The zero-order valence-electron chi connectivity index (χ0n) is 8.94. The average Bonchev–Trinajstić information content (AvgIpc) is 2.04. The Hall–Kier alpha value is 0.210. The van der Waals surface area contributed by atoms with Crippen LogP contribution in [-0.4, -0.2) is 54.7 Å². The Morgan fingerprint density at radius 3 is 2.20 bits per heavy atom. The Balaban J connectivity index is 0. The Labute approximate surface area is 121 Å². The van der Waals surface area contributed by atoms with Gasteiger partial charge in [0.2, 0.25) is 0 Å². The van der Waals surface area contributed by atoms with Crippen LogP contribution in [0.3, 0.4) is 0 Å². The molecule has 0 amide bonds. The number of rotatable bonds is 4. The maximum atomic E-state index is 3.77. The molecule has 1 aromatic carbocycles. The number of halogens is 1. The fourth-order valence-electron chi connectivity index (χ4n) is 1.49. The topological polar surface area (TPSA) is 0 Å². The molecule has 0 atom stereocenters. The first-order valence-corrected chi connectivity index (χ1v) is 4.61. The molecule has 0 bridgehead atoms. The SMILES string of the molecule is C=CC[N+](C)(C)Cc1ccccc1.Cl.[NaH]. The second-order valence-electron chi connectivity index (χ2n) is 4.05. The van der Waals surface area contributed by atoms with Gasteiger partial charge in [-0.25, -0.2) is 0 Å². The van der Waals surface area contributed by atoms with Crippen LogP contribution >= 0.6 is 12.4 Å². The summed E-state index contributed by atoms with van der Waals surface area (Å²) < 4.78 is 0.966. The van der Waals surface area contributed by atoms with Crippen molar-refractivity contribution in [3.63, 3.8) is 0 Å². The molecule has 0 aliphatic carbocycles. The van der Waals surface area contributed by atoms with Crippen LogP contribution in [0.15, 0.2) is 43.0 Å². The molecule has 0 saturated heterocycles. The first-order chi connectivity index (χ1) is 6.14. The van der Waals surface area contributed by atoms with Crippen LogP contribution in [-0.2, 0) is 6.54 Å². The first-order valence-electron chi connectivity index (χ1n) is 4.61. The molecule has 0 heterocycles. The van der Waals surface area contributed by atoms with E-state index >= 15 is 0 Å². The summed E-state index contributed by atoms with van der Waals surface area (Å²) in [5.74, 6) is 0. The molecule has 0 N–H and O–H groups in total. The maximum absolute atomic E-state index is 3.77. The van der Waals surface area contributed by atoms with Crippen LogP contribution in [0.2, 0.25) is 0 Å². The first kappa shape index (κ1) is 17.6. The fourth-order valence-corrected chi connectivity index (χ4v) is 1.49. The number of hydrogen-bond acceptors (Lipinski definition) is 0. The van der Waals surface area contributed by atoms with Crippen LogP contribution < -0.4 is 0 Å². The summed E-state index contributed by atoms with van der Waals surface area (Å²) in [5, 5.41) is 0. The van der Waals surface area contributed by atoms with Crippen LogP contribution in [0, 0.1) is 0 Å². The predicted octanol–water partition coefficient (Wildman–Crippen LogP) is 2.22. The third-order valence-corrected chi connectivity index (χ3v) is 2.08. The minimum atomic E-state index is 0. The van der Waals surface area contributed by atoms with Gasteiger partial charge in [0.1, 0.15) is 6.54 Å². The molecule has 1 aromatic rings. The van der Waals surface area contributed by atoms with Crippen LogP contribution in [0.4, 0.5) is 0 Å². The molecule has 0 radical (unpaired) electrons. The normalized spacial score (nSPS) is 9.73. The van der Waals surface area contributed by atoms with Crippen molar-refractivity contribution in [1.82, 2.24) is 0 Å². The molecule has 1 rings (SSSR count). The molecular weight excluding hydrogens is 217 g/mol. The summed E-state index contributed by atoms with van der Waals surface area (Å²) in [6.07, 6.45) is 1.98. The number of hydrogen-bond donors (Lipinski definition) is 0. The van der Waals surface area contributed by atoms with Crippen molar-refractivity contribution in [3.8, 4) is 0 Å². The summed E-state index contributed by atoms with van der Waals surface area (Å²) >= 11 is 0. The molecule has 0 aromatic heterocycles. The van der Waals surface area contributed by atoms with E-state index in [1.54, 1.807) is 0 Å². The van der Waals surface area contributed by atoms with Gasteiger partial charge >= 0.3 is 29.6 Å². The van der Waals surface area contributed by atoms with Crippen molar-refractivity contribution in [1.29, 1.82) is 0 Å². The predicted molar refractivity (Wildman–Crippen MR) is 71.7 cm³/mol. The van der Waals surface area contributed by atoms with Crippen molar-refractivity contribution >= 4 is 42.0 Å². The van der Waals surface area contributed by atoms with E-state index in [1.165, 1.54) is 5.56 Å². The molecule has 0 unspecified atom stereocenters. The molecule has 0 spiro atoms. The van der Waals surface area contributed by atoms with Gasteiger partial charge in [-0.05, 0) is 6.08 Å². The van der Waals surface area contributed by atoms with Gasteiger partial charge in [-0.15, -0.1) is 12.4 Å². The molecule has 0 aliphatic heterocycles. The van der Waals surface area contributed by atoms with Gasteiger partial charge in [0, 0.05) is 5.56 Å². The fraction of sp³-hybridized carbons (Fsp3) is 0.333. The summed E-state index contributed by atoms with van der Waals surface area (Å²) in [6, 6.07) is 10.6. The van der Waals surface area contributed by atoms with Gasteiger partial charge in [0.15, 0.2) is 0 Å². The Kier molecular flexibility index (Phi) is 9.82. The van der Waals surface area contributed by atoms with E-state index in [2.05, 4.69) is 51.0 Å². The van der Waals surface area contributed by atoms with E-state index in [1.807, 2.05) is 6.08 Å². The molecule has 15 heavy (non-hydrogen) atoms. The third-order valence-electron chi connectivity index (χ3n) is 2.08. The van der Waals surface area contributed by atoms with Gasteiger partial charge in [0.25, 0.3) is 0 Å². The molecule has 0 fully saturated rings. The van der Waals surface area contributed by atoms with Crippen molar-refractivity contribution in [2.75, 3.05) is 20.6 Å². The van der Waals surface area contributed by atoms with E-state index in [4.69, 9.17) is 0 Å². The van der Waals surface area contributed by atoms with Gasteiger partial charge in [-0.1, -0.05) is 36.9 Å². The summed E-state index contributed by atoms with van der Waals surface area (Å²) in [6.45, 7) is 5.84. The standard InChI is InChI=1S/C12H18N.ClH.Na.H/c1-4-10-13(2,3)11-12-8-6-5-7-9-12;;;/h4-9H,1,10-11H2,2-3H3;1H;;/q+1;;;. The van der Waals surface area contributed by atoms with E-state index in [0.29, 0.717) is 0 Å². The minimum absolute atomic E-state index is 0. The van der Waals surface area contributed by atoms with Crippen LogP contribution in [0.25, 0.3) is 0 Å². The molecule has 1 nitrogen and oxygen atoms in total. The van der Waals surface area contributed by atoms with Gasteiger partial charge in [-0.2, -0.15) is 0 Å². The number of benzene rings is 1. The van der Waals surface area contributed by atoms with Crippen LogP contribution in [0.1, 0.15) is 5.56 Å². The van der Waals surface area contributed by atoms with Crippen molar-refractivity contribution in [2.24, 2.45) is 0 Å². The number of likely N-dealkylation sites (N-methyl/N-ethyl adjacent to an activating group) is 1. The third kappa shape index (κ3) is 7.15. The van der Waals surface area contributed by atoms with Crippen molar-refractivity contribution in [3.05, 3.63) is 48.6 Å². The summed E-state index contributed by atoms with van der Waals surface area (Å²) in [5.41, 5.74) is 1.38. The molecule has 3 heteroatoms. The Morgan fingerprint density at radius 2 is 1.73 bits per heavy atom. The molecular formula is C12H20ClNNa+. The van der Waals surface area contributed by atoms with Gasteiger partial charge < -0.3 is 4.48 Å². The van der Waals surface area contributed by atoms with Crippen molar-refractivity contribution in [2.45, 2.75) is 6.54 Å². The van der Waals surface area contributed by atoms with Gasteiger partial charge in [-0.3, -0.25) is 0 Å². The van der Waals surface area contributed by atoms with Gasteiger partial charge in [0.05, 0.1) is 20.6 Å². The molecule has 80 valence electrons. The zero-order chi connectivity index (χ0) is 9.73. The Morgan fingerprint density at radius 1 is 1.20 bits per heavy atom. The summed E-state index contributed by atoms with van der Waals surface area (Å²) in [4.78, 5) is 0. The number of quaternary nitrogens is 1. The average molecular weight is 237 g/mol. The second kappa shape index (κ2) is 8.37. The summed E-state index contributed by atoms with van der Waals surface area (Å²) in [7, 11) is 4.43. The van der Waals surface area contributed by atoms with Crippen molar-refractivity contribution < 1.29 is 4.48 Å². The monoisotopic (exact) mass is 236 g/mol. The second-order valence-corrected chi connectivity index (χ2v) is 4.05. The number of nitrogens with zero attached hydrogens (tertiary/aromatic N) is 1.